The quantitative estimate of drug-likeness (QED) is 0.336. The molecule has 1 atom stereocenters. The molecule has 0 aliphatic carbocycles. The normalized spacial score (nSPS) is 14.2. The van der Waals surface area contributed by atoms with Crippen molar-refractivity contribution in [3.05, 3.63) is 28.8 Å². The number of rotatable bonds is 5. The Morgan fingerprint density at radius 1 is 1.50 bits per heavy atom. The second-order valence-corrected chi connectivity index (χ2v) is 4.64. The third-order valence-corrected chi connectivity index (χ3v) is 3.06. The summed E-state index contributed by atoms with van der Waals surface area (Å²) in [6, 6.07) is 2.75. The minimum absolute atomic E-state index is 0.00699. The lowest BCUT2D eigenvalue weighted by molar-refractivity contribution is -0.137. The van der Waals surface area contributed by atoms with Crippen molar-refractivity contribution in [3.63, 3.8) is 0 Å². The van der Waals surface area contributed by atoms with Gasteiger partial charge in [-0.1, -0.05) is 23.7 Å². The summed E-state index contributed by atoms with van der Waals surface area (Å²) in [6.07, 6.45) is -3.67. The van der Waals surface area contributed by atoms with E-state index < -0.39 is 11.7 Å². The minimum atomic E-state index is -4.44. The molecule has 0 bridgehead atoms. The van der Waals surface area contributed by atoms with Crippen LogP contribution in [0.5, 0.6) is 0 Å². The topological polar surface area (TPSA) is 70.6 Å². The zero-order chi connectivity index (χ0) is 15.3. The third kappa shape index (κ3) is 4.48. The molecule has 0 saturated heterocycles. The number of amidine groups is 1. The average Bonchev–Trinajstić information content (AvgIpc) is 2.38. The van der Waals surface area contributed by atoms with Crippen molar-refractivity contribution in [2.45, 2.75) is 32.0 Å². The fourth-order valence-corrected chi connectivity index (χ4v) is 1.79. The second kappa shape index (κ2) is 6.69. The molecule has 8 heteroatoms. The second-order valence-electron chi connectivity index (χ2n) is 4.24. The van der Waals surface area contributed by atoms with Crippen LogP contribution < -0.4 is 11.1 Å². The summed E-state index contributed by atoms with van der Waals surface area (Å²) >= 11 is 5.88. The lowest BCUT2D eigenvalue weighted by Gasteiger charge is -2.19. The van der Waals surface area contributed by atoms with Gasteiger partial charge in [-0.25, -0.2) is 0 Å². The highest BCUT2D eigenvalue weighted by Crippen LogP contribution is 2.34. The number of nitrogens with zero attached hydrogens (tertiary/aromatic N) is 1. The van der Waals surface area contributed by atoms with Crippen molar-refractivity contribution in [1.29, 1.82) is 0 Å². The standard InChI is InChI=1S/C12H15ClF3N3O/c1-2-8(6-11(17)19-20)18-10-5-7(12(14,15)16)3-4-9(10)13/h3-5,8,18,20H,2,6H2,1H3,(H2,17,19). The number of benzene rings is 1. The van der Waals surface area contributed by atoms with Gasteiger partial charge >= 0.3 is 6.18 Å². The van der Waals surface area contributed by atoms with Crippen molar-refractivity contribution < 1.29 is 18.4 Å². The van der Waals surface area contributed by atoms with Gasteiger partial charge in [0.15, 0.2) is 0 Å². The zero-order valence-corrected chi connectivity index (χ0v) is 11.5. The summed E-state index contributed by atoms with van der Waals surface area (Å²) in [5.41, 5.74) is 4.76. The van der Waals surface area contributed by atoms with Crippen LogP contribution >= 0.6 is 11.6 Å². The summed E-state index contributed by atoms with van der Waals surface area (Å²) < 4.78 is 37.9. The molecule has 4 nitrogen and oxygen atoms in total. The van der Waals surface area contributed by atoms with Crippen LogP contribution in [0.1, 0.15) is 25.3 Å². The number of alkyl halides is 3. The van der Waals surface area contributed by atoms with Gasteiger partial charge in [-0.3, -0.25) is 0 Å². The van der Waals surface area contributed by atoms with Crippen LogP contribution in [0.15, 0.2) is 23.4 Å². The molecule has 0 heterocycles. The number of oxime groups is 1. The summed E-state index contributed by atoms with van der Waals surface area (Å²) in [4.78, 5) is 0. The monoisotopic (exact) mass is 309 g/mol. The zero-order valence-electron chi connectivity index (χ0n) is 10.7. The fourth-order valence-electron chi connectivity index (χ4n) is 1.62. The molecule has 0 spiro atoms. The molecule has 4 N–H and O–H groups in total. The van der Waals surface area contributed by atoms with Gasteiger partial charge < -0.3 is 16.3 Å². The highest BCUT2D eigenvalue weighted by Gasteiger charge is 2.31. The molecule has 0 aromatic heterocycles. The number of hydrogen-bond acceptors (Lipinski definition) is 3. The van der Waals surface area contributed by atoms with Gasteiger partial charge in [-0.15, -0.1) is 0 Å². The molecule has 0 amide bonds. The molecule has 0 fully saturated rings. The van der Waals surface area contributed by atoms with Crippen LogP contribution in [0.2, 0.25) is 5.02 Å². The van der Waals surface area contributed by atoms with Crippen LogP contribution in [0.25, 0.3) is 0 Å². The largest absolute Gasteiger partial charge is 0.416 e. The Hall–Kier alpha value is -1.63. The molecular weight excluding hydrogens is 295 g/mol. The van der Waals surface area contributed by atoms with E-state index >= 15 is 0 Å². The van der Waals surface area contributed by atoms with Gasteiger partial charge in [-0.2, -0.15) is 13.2 Å². The predicted octanol–water partition coefficient (Wildman–Crippen LogP) is 3.69. The fraction of sp³-hybridized carbons (Fsp3) is 0.417. The van der Waals surface area contributed by atoms with Crippen LogP contribution in [0.4, 0.5) is 18.9 Å². The summed E-state index contributed by atoms with van der Waals surface area (Å²) in [5.74, 6) is -0.00699. The molecule has 1 aromatic rings. The highest BCUT2D eigenvalue weighted by molar-refractivity contribution is 6.33. The first-order valence-electron chi connectivity index (χ1n) is 5.87. The van der Waals surface area contributed by atoms with E-state index in [0.29, 0.717) is 6.42 Å². The predicted molar refractivity (Wildman–Crippen MR) is 72.2 cm³/mol. The Morgan fingerprint density at radius 3 is 2.65 bits per heavy atom. The highest BCUT2D eigenvalue weighted by atomic mass is 35.5. The first-order valence-corrected chi connectivity index (χ1v) is 6.25. The van der Waals surface area contributed by atoms with Gasteiger partial charge in [0.1, 0.15) is 5.84 Å². The molecule has 0 aliphatic rings. The smallest absolute Gasteiger partial charge is 0.409 e. The summed E-state index contributed by atoms with van der Waals surface area (Å²) in [5, 5.41) is 14.4. The number of nitrogens with two attached hydrogens (primary N) is 1. The summed E-state index contributed by atoms with van der Waals surface area (Å²) in [6.45, 7) is 1.82. The van der Waals surface area contributed by atoms with Gasteiger partial charge in [0.05, 0.1) is 16.3 Å². The molecular formula is C12H15ClF3N3O. The SMILES string of the molecule is CCC(CC(N)=NO)Nc1cc(C(F)(F)F)ccc1Cl. The van der Waals surface area contributed by atoms with Gasteiger partial charge in [-0.05, 0) is 24.6 Å². The molecule has 1 aromatic carbocycles. The number of anilines is 1. The van der Waals surface area contributed by atoms with E-state index in [0.717, 1.165) is 12.1 Å². The van der Waals surface area contributed by atoms with E-state index in [9.17, 15) is 13.2 Å². The van der Waals surface area contributed by atoms with Gasteiger partial charge in [0.25, 0.3) is 0 Å². The maximum atomic E-state index is 12.6. The lowest BCUT2D eigenvalue weighted by Crippen LogP contribution is -2.26. The summed E-state index contributed by atoms with van der Waals surface area (Å²) in [7, 11) is 0. The Labute approximate surface area is 119 Å². The molecule has 0 saturated carbocycles. The van der Waals surface area contributed by atoms with Crippen LogP contribution in [0.3, 0.4) is 0 Å². The Bertz CT molecular complexity index is 491. The number of halogens is 4. The lowest BCUT2D eigenvalue weighted by atomic mass is 10.1. The first-order chi connectivity index (χ1) is 9.27. The molecule has 112 valence electrons. The van der Waals surface area contributed by atoms with Crippen molar-refractivity contribution in [1.82, 2.24) is 0 Å². The molecule has 0 radical (unpaired) electrons. The molecule has 1 rings (SSSR count). The van der Waals surface area contributed by atoms with E-state index in [1.54, 1.807) is 0 Å². The van der Waals surface area contributed by atoms with Crippen LogP contribution in [-0.4, -0.2) is 17.1 Å². The van der Waals surface area contributed by atoms with Gasteiger partial charge in [0, 0.05) is 12.5 Å². The van der Waals surface area contributed by atoms with Crippen LogP contribution in [-0.2, 0) is 6.18 Å². The molecule has 0 aliphatic heterocycles. The minimum Gasteiger partial charge on any atom is -0.409 e. The Balaban J connectivity index is 2.95. The van der Waals surface area contributed by atoms with Crippen molar-refractivity contribution in [3.8, 4) is 0 Å². The number of hydrogen-bond donors (Lipinski definition) is 3. The van der Waals surface area contributed by atoms with Crippen molar-refractivity contribution in [2.75, 3.05) is 5.32 Å². The molecule has 1 unspecified atom stereocenters. The van der Waals surface area contributed by atoms with E-state index in [1.165, 1.54) is 6.07 Å². The Morgan fingerprint density at radius 2 is 2.15 bits per heavy atom. The maximum absolute atomic E-state index is 12.6. The average molecular weight is 310 g/mol. The van der Waals surface area contributed by atoms with Gasteiger partial charge in [0.2, 0.25) is 0 Å². The van der Waals surface area contributed by atoms with E-state index in [1.807, 2.05) is 6.92 Å². The number of nitrogens with one attached hydrogen (secondary N) is 1. The third-order valence-electron chi connectivity index (χ3n) is 2.73. The van der Waals surface area contributed by atoms with Crippen molar-refractivity contribution in [2.24, 2.45) is 10.9 Å². The van der Waals surface area contributed by atoms with Crippen molar-refractivity contribution >= 4 is 23.1 Å². The molecule has 20 heavy (non-hydrogen) atoms. The van der Waals surface area contributed by atoms with Crippen LogP contribution in [0, 0.1) is 0 Å². The Kier molecular flexibility index (Phi) is 5.50. The van der Waals surface area contributed by atoms with E-state index in [4.69, 9.17) is 22.5 Å². The maximum Gasteiger partial charge on any atom is 0.416 e. The van der Waals surface area contributed by atoms with E-state index in [2.05, 4.69) is 10.5 Å². The first kappa shape index (κ1) is 16.4. The van der Waals surface area contributed by atoms with E-state index in [-0.39, 0.29) is 29.0 Å².